The summed E-state index contributed by atoms with van der Waals surface area (Å²) >= 11 is 3.44. The van der Waals surface area contributed by atoms with Crippen molar-refractivity contribution in [3.63, 3.8) is 0 Å². The third kappa shape index (κ3) is 4.85. The molecule has 1 aliphatic heterocycles. The molecule has 3 aromatic carbocycles. The van der Waals surface area contributed by atoms with Gasteiger partial charge >= 0.3 is 0 Å². The number of benzene rings is 3. The topological polar surface area (TPSA) is 107 Å². The van der Waals surface area contributed by atoms with Crippen molar-refractivity contribution in [3.8, 4) is 11.5 Å². The molecule has 0 fully saturated rings. The molecule has 4 aromatic rings. The molecule has 0 unspecified atom stereocenters. The van der Waals surface area contributed by atoms with Crippen LogP contribution < -0.4 is 20.1 Å². The van der Waals surface area contributed by atoms with Gasteiger partial charge in [0.05, 0.1) is 11.2 Å². The SMILES string of the molecule is O=Cc1ccc2cc(C(=O)Nc3cc(NC(=O)c4ccc5c(c4)OCCO5)ccc3Br)ccc2n1. The van der Waals surface area contributed by atoms with Gasteiger partial charge in [0.15, 0.2) is 17.8 Å². The lowest BCUT2D eigenvalue weighted by Crippen LogP contribution is -2.17. The van der Waals surface area contributed by atoms with E-state index in [1.54, 1.807) is 66.7 Å². The Morgan fingerprint density at radius 2 is 1.57 bits per heavy atom. The molecule has 0 bridgehead atoms. The summed E-state index contributed by atoms with van der Waals surface area (Å²) in [5.74, 6) is 0.483. The van der Waals surface area contributed by atoms with Gasteiger partial charge in [-0.15, -0.1) is 0 Å². The zero-order valence-electron chi connectivity index (χ0n) is 18.2. The zero-order chi connectivity index (χ0) is 24.4. The van der Waals surface area contributed by atoms with Gasteiger partial charge in [0, 0.05) is 26.7 Å². The predicted molar refractivity (Wildman–Crippen MR) is 135 cm³/mol. The molecule has 0 aliphatic carbocycles. The molecule has 0 spiro atoms. The molecule has 1 aliphatic rings. The van der Waals surface area contributed by atoms with E-state index in [1.165, 1.54) is 0 Å². The largest absolute Gasteiger partial charge is 0.486 e. The monoisotopic (exact) mass is 531 g/mol. The second-order valence-corrected chi connectivity index (χ2v) is 8.58. The van der Waals surface area contributed by atoms with Crippen LogP contribution in [0.25, 0.3) is 10.9 Å². The molecule has 174 valence electrons. The van der Waals surface area contributed by atoms with E-state index in [0.29, 0.717) is 69.2 Å². The lowest BCUT2D eigenvalue weighted by molar-refractivity contribution is 0.101. The molecular weight excluding hydrogens is 514 g/mol. The van der Waals surface area contributed by atoms with Crippen LogP contribution in [0.2, 0.25) is 0 Å². The maximum absolute atomic E-state index is 12.9. The van der Waals surface area contributed by atoms with E-state index in [2.05, 4.69) is 31.5 Å². The number of hydrogen-bond donors (Lipinski definition) is 2. The average molecular weight is 532 g/mol. The van der Waals surface area contributed by atoms with Crippen LogP contribution in [-0.4, -0.2) is 36.3 Å². The van der Waals surface area contributed by atoms with Crippen LogP contribution >= 0.6 is 15.9 Å². The first-order valence-corrected chi connectivity index (χ1v) is 11.5. The van der Waals surface area contributed by atoms with Crippen LogP contribution in [0.4, 0.5) is 11.4 Å². The fourth-order valence-corrected chi connectivity index (χ4v) is 3.98. The number of hydrogen-bond acceptors (Lipinski definition) is 6. The van der Waals surface area contributed by atoms with Gasteiger partial charge < -0.3 is 20.1 Å². The fourth-order valence-electron chi connectivity index (χ4n) is 3.63. The highest BCUT2D eigenvalue weighted by atomic mass is 79.9. The Hall–Kier alpha value is -4.24. The van der Waals surface area contributed by atoms with Gasteiger partial charge in [-0.1, -0.05) is 6.07 Å². The van der Waals surface area contributed by atoms with Crippen molar-refractivity contribution >= 4 is 56.3 Å². The first-order valence-electron chi connectivity index (χ1n) is 10.7. The molecule has 2 heterocycles. The minimum absolute atomic E-state index is 0.321. The number of carbonyl (C=O) groups is 3. The van der Waals surface area contributed by atoms with Crippen LogP contribution in [-0.2, 0) is 0 Å². The molecular formula is C26H18BrN3O5. The van der Waals surface area contributed by atoms with Crippen molar-refractivity contribution in [3.05, 3.63) is 88.0 Å². The number of fused-ring (bicyclic) bond motifs is 2. The van der Waals surface area contributed by atoms with Gasteiger partial charge in [-0.05, 0) is 76.6 Å². The summed E-state index contributed by atoms with van der Waals surface area (Å²) < 4.78 is 11.7. The lowest BCUT2D eigenvalue weighted by Gasteiger charge is -2.18. The smallest absolute Gasteiger partial charge is 0.255 e. The molecule has 2 N–H and O–H groups in total. The van der Waals surface area contributed by atoms with Crippen molar-refractivity contribution in [2.45, 2.75) is 0 Å². The summed E-state index contributed by atoms with van der Waals surface area (Å²) in [7, 11) is 0. The molecule has 0 atom stereocenters. The summed E-state index contributed by atoms with van der Waals surface area (Å²) in [6, 6.07) is 18.5. The molecule has 0 saturated carbocycles. The van der Waals surface area contributed by atoms with Crippen molar-refractivity contribution < 1.29 is 23.9 Å². The van der Waals surface area contributed by atoms with Crippen LogP contribution in [0.1, 0.15) is 31.2 Å². The quantitative estimate of drug-likeness (QED) is 0.347. The summed E-state index contributed by atoms with van der Waals surface area (Å²) in [6.07, 6.45) is 0.678. The number of nitrogens with zero attached hydrogens (tertiary/aromatic N) is 1. The maximum Gasteiger partial charge on any atom is 0.255 e. The summed E-state index contributed by atoms with van der Waals surface area (Å²) in [4.78, 5) is 40.8. The second kappa shape index (κ2) is 9.55. The Labute approximate surface area is 208 Å². The highest BCUT2D eigenvalue weighted by Gasteiger charge is 2.16. The molecule has 9 heteroatoms. The lowest BCUT2D eigenvalue weighted by atomic mass is 10.1. The van der Waals surface area contributed by atoms with Gasteiger partial charge in [-0.25, -0.2) is 4.98 Å². The fraction of sp³-hybridized carbons (Fsp3) is 0.0769. The summed E-state index contributed by atoms with van der Waals surface area (Å²) in [5.41, 5.74) is 2.79. The van der Waals surface area contributed by atoms with Gasteiger partial charge in [-0.2, -0.15) is 0 Å². The third-order valence-electron chi connectivity index (χ3n) is 5.37. The van der Waals surface area contributed by atoms with E-state index in [1.807, 2.05) is 0 Å². The van der Waals surface area contributed by atoms with E-state index in [9.17, 15) is 14.4 Å². The Morgan fingerprint density at radius 3 is 2.40 bits per heavy atom. The highest BCUT2D eigenvalue weighted by Crippen LogP contribution is 2.31. The van der Waals surface area contributed by atoms with Crippen LogP contribution in [0.5, 0.6) is 11.5 Å². The maximum atomic E-state index is 12.9. The number of pyridine rings is 1. The standard InChI is InChI=1S/C26H18BrN3O5/c27-20-6-5-18(29-25(32)17-3-8-23-24(12-17)35-10-9-34-23)13-22(20)30-26(33)16-2-7-21-15(11-16)1-4-19(14-31)28-21/h1-8,11-14H,9-10H2,(H,29,32)(H,30,33). The summed E-state index contributed by atoms with van der Waals surface area (Å²) in [5, 5.41) is 6.43. The van der Waals surface area contributed by atoms with E-state index in [0.717, 1.165) is 5.39 Å². The Bertz CT molecular complexity index is 1490. The number of nitrogens with one attached hydrogen (secondary N) is 2. The molecule has 8 nitrogen and oxygen atoms in total. The Morgan fingerprint density at radius 1 is 0.829 bits per heavy atom. The van der Waals surface area contributed by atoms with E-state index < -0.39 is 0 Å². The molecule has 35 heavy (non-hydrogen) atoms. The molecule has 1 aromatic heterocycles. The number of amides is 2. The second-order valence-electron chi connectivity index (χ2n) is 7.72. The van der Waals surface area contributed by atoms with Crippen LogP contribution in [0, 0.1) is 0 Å². The number of rotatable bonds is 5. The number of aromatic nitrogens is 1. The van der Waals surface area contributed by atoms with Gasteiger partial charge in [0.2, 0.25) is 0 Å². The van der Waals surface area contributed by atoms with E-state index in [-0.39, 0.29) is 11.8 Å². The minimum atomic E-state index is -0.331. The van der Waals surface area contributed by atoms with Gasteiger partial charge in [0.1, 0.15) is 18.9 Å². The first kappa shape index (κ1) is 22.5. The number of aldehydes is 1. The van der Waals surface area contributed by atoms with E-state index >= 15 is 0 Å². The summed E-state index contributed by atoms with van der Waals surface area (Å²) in [6.45, 7) is 0.907. The Balaban J connectivity index is 1.32. The minimum Gasteiger partial charge on any atom is -0.486 e. The van der Waals surface area contributed by atoms with Crippen molar-refractivity contribution in [1.29, 1.82) is 0 Å². The van der Waals surface area contributed by atoms with Crippen LogP contribution in [0.15, 0.2) is 71.2 Å². The number of halogens is 1. The molecule has 0 radical (unpaired) electrons. The van der Waals surface area contributed by atoms with Crippen molar-refractivity contribution in [2.75, 3.05) is 23.8 Å². The Kier molecular flexibility index (Phi) is 6.15. The van der Waals surface area contributed by atoms with Crippen molar-refractivity contribution in [1.82, 2.24) is 4.98 Å². The van der Waals surface area contributed by atoms with Gasteiger partial charge in [-0.3, -0.25) is 14.4 Å². The number of anilines is 2. The normalized spacial score (nSPS) is 12.1. The molecule has 5 rings (SSSR count). The zero-order valence-corrected chi connectivity index (χ0v) is 19.8. The van der Waals surface area contributed by atoms with Crippen LogP contribution in [0.3, 0.4) is 0 Å². The number of ether oxygens (including phenoxy) is 2. The first-order chi connectivity index (χ1) is 17.0. The van der Waals surface area contributed by atoms with E-state index in [4.69, 9.17) is 9.47 Å². The molecule has 2 amide bonds. The number of carbonyl (C=O) groups excluding carboxylic acids is 3. The van der Waals surface area contributed by atoms with Gasteiger partial charge in [0.25, 0.3) is 11.8 Å². The average Bonchev–Trinajstić information content (AvgIpc) is 2.89. The predicted octanol–water partition coefficient (Wildman–Crippen LogP) is 5.09. The molecule has 0 saturated heterocycles. The third-order valence-corrected chi connectivity index (χ3v) is 6.06. The van der Waals surface area contributed by atoms with Crippen molar-refractivity contribution in [2.24, 2.45) is 0 Å². The highest BCUT2D eigenvalue weighted by molar-refractivity contribution is 9.10.